The van der Waals surface area contributed by atoms with Crippen molar-refractivity contribution in [2.75, 3.05) is 0 Å². The maximum absolute atomic E-state index is 11.1. The van der Waals surface area contributed by atoms with Crippen LogP contribution in [0, 0.1) is 0 Å². The number of carbonyl (C=O) groups is 2. The van der Waals surface area contributed by atoms with Crippen molar-refractivity contribution in [1.29, 1.82) is 0 Å². The topological polar surface area (TPSA) is 69.6 Å². The molecule has 0 aromatic rings. The number of hydrogen-bond donors (Lipinski definition) is 2. The van der Waals surface area contributed by atoms with E-state index >= 15 is 0 Å². The number of aliphatic hydroxyl groups excluding tert-OH is 1. The molecule has 1 fully saturated rings. The third-order valence-electron chi connectivity index (χ3n) is 1.65. The van der Waals surface area contributed by atoms with Crippen molar-refractivity contribution in [3.05, 3.63) is 0 Å². The summed E-state index contributed by atoms with van der Waals surface area (Å²) >= 11 is 0. The molecule has 1 heterocycles. The minimum Gasteiger partial charge on any atom is -0.365 e. The van der Waals surface area contributed by atoms with Crippen LogP contribution < -0.4 is 5.32 Å². The molecule has 3 amide bonds. The van der Waals surface area contributed by atoms with E-state index in [1.807, 2.05) is 5.32 Å². The Bertz CT molecular complexity index is 231. The minimum atomic E-state index is -1.35. The third-order valence-corrected chi connectivity index (χ3v) is 1.65. The molecular weight excluding hydrogens is 160 g/mol. The number of urea groups is 1. The standard InChI is InChI=1S/C7H12N2O3/c1-7(2,3)9-5(11)4(10)8-6(9)12/h5,11H,1-3H3,(H,8,10,12). The quantitative estimate of drug-likeness (QED) is 0.491. The smallest absolute Gasteiger partial charge is 0.327 e. The molecule has 0 bridgehead atoms. The van der Waals surface area contributed by atoms with Crippen molar-refractivity contribution >= 4 is 11.9 Å². The molecule has 0 aromatic carbocycles. The van der Waals surface area contributed by atoms with Crippen LogP contribution in [-0.2, 0) is 4.79 Å². The number of imide groups is 1. The van der Waals surface area contributed by atoms with Gasteiger partial charge < -0.3 is 5.11 Å². The van der Waals surface area contributed by atoms with E-state index in [4.69, 9.17) is 0 Å². The van der Waals surface area contributed by atoms with E-state index in [2.05, 4.69) is 0 Å². The van der Waals surface area contributed by atoms with Gasteiger partial charge in [0.05, 0.1) is 0 Å². The fourth-order valence-electron chi connectivity index (χ4n) is 1.13. The van der Waals surface area contributed by atoms with Crippen molar-refractivity contribution in [2.24, 2.45) is 0 Å². The molecule has 1 unspecified atom stereocenters. The Morgan fingerprint density at radius 2 is 1.92 bits per heavy atom. The average Bonchev–Trinajstić information content (AvgIpc) is 2.05. The first-order chi connectivity index (χ1) is 5.34. The molecule has 0 aromatic heterocycles. The Labute approximate surface area is 70.4 Å². The molecule has 5 nitrogen and oxygen atoms in total. The van der Waals surface area contributed by atoms with Gasteiger partial charge in [0, 0.05) is 5.54 Å². The number of rotatable bonds is 0. The molecule has 1 rings (SSSR count). The van der Waals surface area contributed by atoms with E-state index in [1.54, 1.807) is 20.8 Å². The molecule has 0 spiro atoms. The Morgan fingerprint density at radius 1 is 1.42 bits per heavy atom. The van der Waals surface area contributed by atoms with Crippen LogP contribution >= 0.6 is 0 Å². The SMILES string of the molecule is CC(C)(C)N1C(=O)NC(=O)C1O. The highest BCUT2D eigenvalue weighted by atomic mass is 16.3. The molecule has 0 saturated carbocycles. The summed E-state index contributed by atoms with van der Waals surface area (Å²) in [4.78, 5) is 23.0. The first kappa shape index (κ1) is 8.99. The highest BCUT2D eigenvalue weighted by Crippen LogP contribution is 2.19. The lowest BCUT2D eigenvalue weighted by Gasteiger charge is -2.31. The summed E-state index contributed by atoms with van der Waals surface area (Å²) in [6.07, 6.45) is -1.35. The molecule has 0 radical (unpaired) electrons. The lowest BCUT2D eigenvalue weighted by Crippen LogP contribution is -2.48. The summed E-state index contributed by atoms with van der Waals surface area (Å²) in [5.41, 5.74) is -0.546. The molecule has 12 heavy (non-hydrogen) atoms. The van der Waals surface area contributed by atoms with E-state index in [1.165, 1.54) is 0 Å². The van der Waals surface area contributed by atoms with Crippen LogP contribution in [0.25, 0.3) is 0 Å². The van der Waals surface area contributed by atoms with E-state index in [-0.39, 0.29) is 0 Å². The highest BCUT2D eigenvalue weighted by molar-refractivity contribution is 6.03. The zero-order valence-electron chi connectivity index (χ0n) is 7.29. The minimum absolute atomic E-state index is 0.542. The number of hydrogen-bond acceptors (Lipinski definition) is 3. The number of aliphatic hydroxyl groups is 1. The van der Waals surface area contributed by atoms with Crippen molar-refractivity contribution in [2.45, 2.75) is 32.5 Å². The normalized spacial score (nSPS) is 24.7. The Hall–Kier alpha value is -1.10. The lowest BCUT2D eigenvalue weighted by atomic mass is 10.1. The fourth-order valence-corrected chi connectivity index (χ4v) is 1.13. The van der Waals surface area contributed by atoms with Crippen molar-refractivity contribution in [1.82, 2.24) is 10.2 Å². The number of nitrogens with one attached hydrogen (secondary N) is 1. The van der Waals surface area contributed by atoms with E-state index < -0.39 is 23.7 Å². The summed E-state index contributed by atoms with van der Waals surface area (Å²) in [6.45, 7) is 5.23. The Morgan fingerprint density at radius 3 is 2.08 bits per heavy atom. The van der Waals surface area contributed by atoms with Crippen LogP contribution in [-0.4, -0.2) is 33.7 Å². The van der Waals surface area contributed by atoms with E-state index in [0.717, 1.165) is 4.90 Å². The van der Waals surface area contributed by atoms with Crippen LogP contribution in [0.15, 0.2) is 0 Å². The van der Waals surface area contributed by atoms with E-state index in [0.29, 0.717) is 0 Å². The van der Waals surface area contributed by atoms with Crippen molar-refractivity contribution in [3.8, 4) is 0 Å². The summed E-state index contributed by atoms with van der Waals surface area (Å²) in [7, 11) is 0. The van der Waals surface area contributed by atoms with Crippen molar-refractivity contribution in [3.63, 3.8) is 0 Å². The maximum atomic E-state index is 11.1. The van der Waals surface area contributed by atoms with Crippen molar-refractivity contribution < 1.29 is 14.7 Å². The van der Waals surface area contributed by atoms with Crippen LogP contribution in [0.1, 0.15) is 20.8 Å². The molecule has 1 aliphatic rings. The molecule has 68 valence electrons. The fraction of sp³-hybridized carbons (Fsp3) is 0.714. The second-order valence-electron chi connectivity index (χ2n) is 3.71. The molecular formula is C7H12N2O3. The molecule has 2 N–H and O–H groups in total. The van der Waals surface area contributed by atoms with Gasteiger partial charge in [-0.1, -0.05) is 0 Å². The summed E-state index contributed by atoms with van der Waals surface area (Å²) in [5, 5.41) is 11.3. The largest absolute Gasteiger partial charge is 0.365 e. The van der Waals surface area contributed by atoms with Gasteiger partial charge in [-0.05, 0) is 20.8 Å². The molecule has 5 heteroatoms. The van der Waals surface area contributed by atoms with Crippen LogP contribution in [0.5, 0.6) is 0 Å². The zero-order valence-corrected chi connectivity index (χ0v) is 7.29. The number of carbonyl (C=O) groups excluding carboxylic acids is 2. The third kappa shape index (κ3) is 1.27. The zero-order chi connectivity index (χ0) is 9.52. The van der Waals surface area contributed by atoms with Crippen LogP contribution in [0.2, 0.25) is 0 Å². The predicted octanol–water partition coefficient (Wildman–Crippen LogP) is -0.345. The molecule has 1 saturated heterocycles. The number of amides is 3. The summed E-state index contributed by atoms with van der Waals surface area (Å²) < 4.78 is 0. The van der Waals surface area contributed by atoms with Crippen LogP contribution in [0.4, 0.5) is 4.79 Å². The van der Waals surface area contributed by atoms with Gasteiger partial charge in [-0.15, -0.1) is 0 Å². The molecule has 1 atom stereocenters. The van der Waals surface area contributed by atoms with Gasteiger partial charge in [-0.2, -0.15) is 0 Å². The average molecular weight is 172 g/mol. The Balaban J connectivity index is 2.91. The summed E-state index contributed by atoms with van der Waals surface area (Å²) in [6, 6.07) is -0.542. The second kappa shape index (κ2) is 2.45. The van der Waals surface area contributed by atoms with Gasteiger partial charge in [0.15, 0.2) is 0 Å². The number of nitrogens with zero attached hydrogens (tertiary/aromatic N) is 1. The second-order valence-corrected chi connectivity index (χ2v) is 3.71. The highest BCUT2D eigenvalue weighted by Gasteiger charge is 2.42. The van der Waals surface area contributed by atoms with Gasteiger partial charge in [-0.3, -0.25) is 15.0 Å². The lowest BCUT2D eigenvalue weighted by molar-refractivity contribution is -0.132. The van der Waals surface area contributed by atoms with Gasteiger partial charge in [0.2, 0.25) is 6.23 Å². The molecule has 0 aliphatic carbocycles. The van der Waals surface area contributed by atoms with Gasteiger partial charge in [0.25, 0.3) is 5.91 Å². The monoisotopic (exact) mass is 172 g/mol. The van der Waals surface area contributed by atoms with Gasteiger partial charge >= 0.3 is 6.03 Å². The van der Waals surface area contributed by atoms with Gasteiger partial charge in [0.1, 0.15) is 0 Å². The van der Waals surface area contributed by atoms with Gasteiger partial charge in [-0.25, -0.2) is 4.79 Å². The Kier molecular flexibility index (Phi) is 1.83. The summed E-state index contributed by atoms with van der Waals surface area (Å²) in [5.74, 6) is -0.657. The first-order valence-electron chi connectivity index (χ1n) is 3.66. The maximum Gasteiger partial charge on any atom is 0.327 e. The molecule has 1 aliphatic heterocycles. The van der Waals surface area contributed by atoms with E-state index in [9.17, 15) is 14.7 Å². The first-order valence-corrected chi connectivity index (χ1v) is 3.66. The van der Waals surface area contributed by atoms with Crippen LogP contribution in [0.3, 0.4) is 0 Å². The predicted molar refractivity (Wildman–Crippen MR) is 41.1 cm³/mol.